The van der Waals surface area contributed by atoms with Gasteiger partial charge in [-0.1, -0.05) is 12.1 Å². The molecule has 142 valence electrons. The summed E-state index contributed by atoms with van der Waals surface area (Å²) in [5.74, 6) is 0.780. The Balaban J connectivity index is 1.59. The average Bonchev–Trinajstić information content (AvgIpc) is 3.16. The third kappa shape index (κ3) is 4.65. The van der Waals surface area contributed by atoms with Crippen molar-refractivity contribution in [1.82, 2.24) is 10.2 Å². The zero-order valence-corrected chi connectivity index (χ0v) is 15.6. The van der Waals surface area contributed by atoms with Crippen LogP contribution in [0, 0.1) is 0 Å². The second kappa shape index (κ2) is 8.68. The Labute approximate surface area is 159 Å². The first-order valence-electron chi connectivity index (χ1n) is 8.97. The molecule has 1 aliphatic rings. The minimum atomic E-state index is -0.400. The van der Waals surface area contributed by atoms with Gasteiger partial charge in [0, 0.05) is 11.6 Å². The number of nitrogens with zero attached hydrogens (tertiary/aromatic N) is 1. The molecule has 0 saturated carbocycles. The van der Waals surface area contributed by atoms with Crippen LogP contribution in [0.5, 0.6) is 11.5 Å². The minimum absolute atomic E-state index is 0.178. The van der Waals surface area contributed by atoms with Crippen LogP contribution in [0.3, 0.4) is 0 Å². The summed E-state index contributed by atoms with van der Waals surface area (Å²) < 4.78 is 10.3. The predicted molar refractivity (Wildman–Crippen MR) is 102 cm³/mol. The Morgan fingerprint density at radius 3 is 2.19 bits per heavy atom. The van der Waals surface area contributed by atoms with E-state index in [1.807, 2.05) is 24.3 Å². The van der Waals surface area contributed by atoms with Gasteiger partial charge >= 0.3 is 0 Å². The molecular weight excluding hydrogens is 344 g/mol. The Kier molecular flexibility index (Phi) is 6.08. The summed E-state index contributed by atoms with van der Waals surface area (Å²) >= 11 is 0. The zero-order valence-electron chi connectivity index (χ0n) is 15.6. The van der Waals surface area contributed by atoms with Gasteiger partial charge in [-0.05, 0) is 61.3 Å². The Bertz CT molecular complexity index is 787. The largest absolute Gasteiger partial charge is 0.497 e. The number of benzene rings is 2. The van der Waals surface area contributed by atoms with E-state index in [1.165, 1.54) is 0 Å². The van der Waals surface area contributed by atoms with Crippen LogP contribution in [-0.4, -0.2) is 44.0 Å². The molecule has 0 spiro atoms. The lowest BCUT2D eigenvalue weighted by Gasteiger charge is -2.24. The maximum Gasteiger partial charge on any atom is 0.257 e. The molecule has 1 aliphatic heterocycles. The van der Waals surface area contributed by atoms with Gasteiger partial charge < -0.3 is 9.47 Å². The van der Waals surface area contributed by atoms with Gasteiger partial charge in [-0.3, -0.25) is 19.8 Å². The molecule has 0 bridgehead atoms. The number of methoxy groups -OCH3 is 2. The number of hydrogen-bond acceptors (Lipinski definition) is 5. The van der Waals surface area contributed by atoms with Gasteiger partial charge in [0.25, 0.3) is 5.91 Å². The van der Waals surface area contributed by atoms with Crippen molar-refractivity contribution in [2.45, 2.75) is 18.9 Å². The summed E-state index contributed by atoms with van der Waals surface area (Å²) in [7, 11) is 3.20. The van der Waals surface area contributed by atoms with E-state index in [2.05, 4.69) is 10.2 Å². The van der Waals surface area contributed by atoms with Crippen LogP contribution >= 0.6 is 0 Å². The fraction of sp³-hybridized carbons (Fsp3) is 0.333. The van der Waals surface area contributed by atoms with Crippen molar-refractivity contribution < 1.29 is 19.1 Å². The van der Waals surface area contributed by atoms with Gasteiger partial charge in [-0.15, -0.1) is 0 Å². The van der Waals surface area contributed by atoms with Crippen molar-refractivity contribution in [2.24, 2.45) is 0 Å². The number of carbonyl (C=O) groups excluding carboxylic acids is 2. The van der Waals surface area contributed by atoms with E-state index in [1.54, 1.807) is 38.5 Å². The second-order valence-corrected chi connectivity index (χ2v) is 6.51. The van der Waals surface area contributed by atoms with Crippen LogP contribution in [0.15, 0.2) is 48.5 Å². The van der Waals surface area contributed by atoms with E-state index in [0.717, 1.165) is 30.7 Å². The molecule has 1 atom stereocenters. The molecule has 1 fully saturated rings. The fourth-order valence-corrected chi connectivity index (χ4v) is 3.38. The lowest BCUT2D eigenvalue weighted by molar-refractivity contribution is -0.121. The molecule has 0 aliphatic carbocycles. The summed E-state index contributed by atoms with van der Waals surface area (Å²) in [6.07, 6.45) is 2.02. The van der Waals surface area contributed by atoms with E-state index in [9.17, 15) is 9.59 Å². The molecule has 6 nitrogen and oxygen atoms in total. The van der Waals surface area contributed by atoms with Crippen LogP contribution in [0.4, 0.5) is 0 Å². The summed E-state index contributed by atoms with van der Waals surface area (Å²) in [6, 6.07) is 14.8. The number of carbonyl (C=O) groups is 2. The number of likely N-dealkylation sites (tertiary alicyclic amines) is 1. The number of nitrogens with one attached hydrogen (secondary N) is 1. The summed E-state index contributed by atoms with van der Waals surface area (Å²) in [5.41, 5.74) is 1.58. The van der Waals surface area contributed by atoms with Crippen molar-refractivity contribution in [3.8, 4) is 11.5 Å². The molecular formula is C21H24N2O4. The lowest BCUT2D eigenvalue weighted by Crippen LogP contribution is -2.39. The first kappa shape index (κ1) is 18.9. The molecule has 3 rings (SSSR count). The summed E-state index contributed by atoms with van der Waals surface area (Å²) in [4.78, 5) is 26.7. The van der Waals surface area contributed by atoms with Gasteiger partial charge in [-0.2, -0.15) is 0 Å². The highest BCUT2D eigenvalue weighted by Gasteiger charge is 2.28. The average molecular weight is 368 g/mol. The van der Waals surface area contributed by atoms with Crippen molar-refractivity contribution in [1.29, 1.82) is 0 Å². The molecule has 1 saturated heterocycles. The summed E-state index contributed by atoms with van der Waals surface area (Å²) in [6.45, 7) is 1.03. The van der Waals surface area contributed by atoms with Crippen LogP contribution in [-0.2, 0) is 4.79 Å². The lowest BCUT2D eigenvalue weighted by atomic mass is 10.0. The smallest absolute Gasteiger partial charge is 0.257 e. The maximum atomic E-state index is 12.4. The number of amides is 2. The van der Waals surface area contributed by atoms with Gasteiger partial charge in [0.15, 0.2) is 0 Å². The summed E-state index contributed by atoms with van der Waals surface area (Å²) in [5, 5.41) is 2.47. The van der Waals surface area contributed by atoms with Crippen LogP contribution in [0.25, 0.3) is 0 Å². The minimum Gasteiger partial charge on any atom is -0.497 e. The first-order valence-corrected chi connectivity index (χ1v) is 8.97. The standard InChI is InChI=1S/C21H24N2O4/c1-26-17-9-5-15(6-10-17)19-4-3-13-23(19)14-20(24)22-21(25)16-7-11-18(27-2)12-8-16/h5-12,19H,3-4,13-14H2,1-2H3,(H,22,24,25). The van der Waals surface area contributed by atoms with Gasteiger partial charge in [0.2, 0.25) is 5.91 Å². The molecule has 1 unspecified atom stereocenters. The molecule has 0 aromatic heterocycles. The number of hydrogen-bond donors (Lipinski definition) is 1. The first-order chi connectivity index (χ1) is 13.1. The Morgan fingerprint density at radius 2 is 1.59 bits per heavy atom. The highest BCUT2D eigenvalue weighted by Crippen LogP contribution is 2.32. The SMILES string of the molecule is COc1ccc(C(=O)NC(=O)CN2CCCC2c2ccc(OC)cc2)cc1. The molecule has 0 radical (unpaired) electrons. The predicted octanol–water partition coefficient (Wildman–Crippen LogP) is 2.80. The quantitative estimate of drug-likeness (QED) is 0.849. The number of rotatable bonds is 6. The monoisotopic (exact) mass is 368 g/mol. The third-order valence-electron chi connectivity index (χ3n) is 4.82. The topological polar surface area (TPSA) is 67.9 Å². The molecule has 1 N–H and O–H groups in total. The Hall–Kier alpha value is -2.86. The van der Waals surface area contributed by atoms with Crippen LogP contribution in [0.1, 0.15) is 34.8 Å². The zero-order chi connectivity index (χ0) is 19.2. The van der Waals surface area contributed by atoms with E-state index in [-0.39, 0.29) is 18.5 Å². The van der Waals surface area contributed by atoms with Crippen molar-refractivity contribution in [2.75, 3.05) is 27.3 Å². The second-order valence-electron chi connectivity index (χ2n) is 6.51. The van der Waals surface area contributed by atoms with Crippen molar-refractivity contribution in [3.05, 3.63) is 59.7 Å². The molecule has 2 aromatic rings. The highest BCUT2D eigenvalue weighted by atomic mass is 16.5. The number of ether oxygens (including phenoxy) is 2. The van der Waals surface area contributed by atoms with Gasteiger partial charge in [0.1, 0.15) is 11.5 Å². The maximum absolute atomic E-state index is 12.4. The van der Waals surface area contributed by atoms with Crippen molar-refractivity contribution >= 4 is 11.8 Å². The highest BCUT2D eigenvalue weighted by molar-refractivity contribution is 6.05. The van der Waals surface area contributed by atoms with Crippen molar-refractivity contribution in [3.63, 3.8) is 0 Å². The van der Waals surface area contributed by atoms with Crippen LogP contribution < -0.4 is 14.8 Å². The van der Waals surface area contributed by atoms with E-state index < -0.39 is 5.91 Å². The van der Waals surface area contributed by atoms with Crippen LogP contribution in [0.2, 0.25) is 0 Å². The van der Waals surface area contributed by atoms with E-state index in [4.69, 9.17) is 9.47 Å². The Morgan fingerprint density at radius 1 is 1.00 bits per heavy atom. The fourth-order valence-electron chi connectivity index (χ4n) is 3.38. The molecule has 1 heterocycles. The number of imide groups is 1. The molecule has 27 heavy (non-hydrogen) atoms. The molecule has 2 aromatic carbocycles. The third-order valence-corrected chi connectivity index (χ3v) is 4.82. The van der Waals surface area contributed by atoms with E-state index in [0.29, 0.717) is 11.3 Å². The van der Waals surface area contributed by atoms with E-state index >= 15 is 0 Å². The van der Waals surface area contributed by atoms with Gasteiger partial charge in [0.05, 0.1) is 20.8 Å². The molecule has 2 amide bonds. The molecule has 6 heteroatoms. The normalized spacial score (nSPS) is 16.7. The van der Waals surface area contributed by atoms with Gasteiger partial charge in [-0.25, -0.2) is 0 Å².